The number of carbonyl (C=O) groups excluding carboxylic acids is 2. The Morgan fingerprint density at radius 3 is 2.53 bits per heavy atom. The van der Waals surface area contributed by atoms with Crippen molar-refractivity contribution in [1.82, 2.24) is 14.8 Å². The lowest BCUT2D eigenvalue weighted by atomic mass is 10.1. The van der Waals surface area contributed by atoms with Crippen molar-refractivity contribution in [2.24, 2.45) is 0 Å². The first-order valence-electron chi connectivity index (χ1n) is 11.1. The van der Waals surface area contributed by atoms with E-state index in [-0.39, 0.29) is 24.0 Å². The highest BCUT2D eigenvalue weighted by molar-refractivity contribution is 7.99. The van der Waals surface area contributed by atoms with Gasteiger partial charge in [0.2, 0.25) is 11.8 Å². The number of nitrogens with zero attached hydrogens (tertiary/aromatic N) is 3. The number of nitrogens with one attached hydrogen (secondary N) is 2. The second-order valence-electron chi connectivity index (χ2n) is 7.33. The fraction of sp³-hybridized carbons (Fsp3) is 0.280. The fourth-order valence-corrected chi connectivity index (χ4v) is 4.05. The van der Waals surface area contributed by atoms with E-state index in [1.807, 2.05) is 38.1 Å². The molecule has 3 rings (SSSR count). The lowest BCUT2D eigenvalue weighted by molar-refractivity contribution is -0.116. The maximum absolute atomic E-state index is 12.6. The van der Waals surface area contributed by atoms with Gasteiger partial charge in [0.25, 0.3) is 0 Å². The summed E-state index contributed by atoms with van der Waals surface area (Å²) >= 11 is 1.27. The molecule has 1 heterocycles. The summed E-state index contributed by atoms with van der Waals surface area (Å²) in [6, 6.07) is 14.9. The van der Waals surface area contributed by atoms with Crippen molar-refractivity contribution < 1.29 is 14.3 Å². The van der Waals surface area contributed by atoms with Crippen LogP contribution in [-0.2, 0) is 29.0 Å². The Bertz CT molecular complexity index is 1130. The highest BCUT2D eigenvalue weighted by Gasteiger charge is 2.17. The van der Waals surface area contributed by atoms with Crippen LogP contribution in [0.15, 0.2) is 66.3 Å². The summed E-state index contributed by atoms with van der Waals surface area (Å²) in [5, 5.41) is 14.7. The van der Waals surface area contributed by atoms with Crippen LogP contribution in [0.25, 0.3) is 0 Å². The van der Waals surface area contributed by atoms with Gasteiger partial charge in [0, 0.05) is 17.9 Å². The molecule has 0 saturated carbocycles. The zero-order valence-corrected chi connectivity index (χ0v) is 20.2. The minimum absolute atomic E-state index is 0.0463. The second-order valence-corrected chi connectivity index (χ2v) is 8.27. The molecule has 0 aliphatic heterocycles. The minimum atomic E-state index is -0.215. The van der Waals surface area contributed by atoms with Gasteiger partial charge in [0.15, 0.2) is 5.16 Å². The Morgan fingerprint density at radius 1 is 1.06 bits per heavy atom. The van der Waals surface area contributed by atoms with Crippen LogP contribution >= 0.6 is 11.8 Å². The molecule has 0 aliphatic rings. The van der Waals surface area contributed by atoms with Gasteiger partial charge in [-0.1, -0.05) is 43.0 Å². The average Bonchev–Trinajstić information content (AvgIpc) is 3.20. The highest BCUT2D eigenvalue weighted by Crippen LogP contribution is 2.21. The summed E-state index contributed by atoms with van der Waals surface area (Å²) < 4.78 is 7.21. The first-order valence-corrected chi connectivity index (χ1v) is 12.1. The number of rotatable bonds is 12. The molecule has 2 aromatic carbocycles. The molecule has 178 valence electrons. The van der Waals surface area contributed by atoms with Gasteiger partial charge in [-0.05, 0) is 49.2 Å². The molecule has 0 fully saturated rings. The molecule has 0 saturated heterocycles. The van der Waals surface area contributed by atoms with E-state index in [1.54, 1.807) is 34.9 Å². The van der Waals surface area contributed by atoms with Crippen molar-refractivity contribution in [2.75, 3.05) is 23.0 Å². The van der Waals surface area contributed by atoms with Crippen molar-refractivity contribution in [1.29, 1.82) is 0 Å². The van der Waals surface area contributed by atoms with Gasteiger partial charge in [-0.25, -0.2) is 0 Å². The number of para-hydroxylation sites is 1. The van der Waals surface area contributed by atoms with Gasteiger partial charge >= 0.3 is 0 Å². The van der Waals surface area contributed by atoms with Crippen molar-refractivity contribution in [3.63, 3.8) is 0 Å². The molecule has 1 aromatic heterocycles. The first kappa shape index (κ1) is 25.0. The van der Waals surface area contributed by atoms with E-state index >= 15 is 0 Å². The molecule has 9 heteroatoms. The third-order valence-electron chi connectivity index (χ3n) is 4.88. The van der Waals surface area contributed by atoms with Gasteiger partial charge in [0.05, 0.1) is 18.8 Å². The summed E-state index contributed by atoms with van der Waals surface area (Å²) in [4.78, 5) is 25.1. The molecule has 8 nitrogen and oxygen atoms in total. The molecule has 0 bridgehead atoms. The van der Waals surface area contributed by atoms with E-state index in [9.17, 15) is 9.59 Å². The maximum Gasteiger partial charge on any atom is 0.234 e. The third kappa shape index (κ3) is 6.95. The Balaban J connectivity index is 1.60. The quantitative estimate of drug-likeness (QED) is 0.296. The molecule has 3 aromatic rings. The zero-order chi connectivity index (χ0) is 24.3. The lowest BCUT2D eigenvalue weighted by Crippen LogP contribution is -2.18. The minimum Gasteiger partial charge on any atom is -0.494 e. The second kappa shape index (κ2) is 12.6. The number of carbonyl (C=O) groups is 2. The highest BCUT2D eigenvalue weighted by atomic mass is 32.2. The Kier molecular flexibility index (Phi) is 9.28. The van der Waals surface area contributed by atoms with E-state index in [0.29, 0.717) is 29.8 Å². The molecule has 0 radical (unpaired) electrons. The molecule has 34 heavy (non-hydrogen) atoms. The van der Waals surface area contributed by atoms with E-state index in [2.05, 4.69) is 27.4 Å². The summed E-state index contributed by atoms with van der Waals surface area (Å²) in [5.74, 6) is 1.07. The monoisotopic (exact) mass is 479 g/mol. The van der Waals surface area contributed by atoms with Gasteiger partial charge in [0.1, 0.15) is 11.6 Å². The number of benzene rings is 2. The van der Waals surface area contributed by atoms with Crippen LogP contribution in [0.3, 0.4) is 0 Å². The van der Waals surface area contributed by atoms with Crippen LogP contribution < -0.4 is 15.4 Å². The zero-order valence-electron chi connectivity index (χ0n) is 19.4. The topological polar surface area (TPSA) is 98.1 Å². The molecular formula is C25H29N5O3S. The van der Waals surface area contributed by atoms with E-state index < -0.39 is 0 Å². The number of hydrogen-bond acceptors (Lipinski definition) is 6. The van der Waals surface area contributed by atoms with Gasteiger partial charge in [-0.15, -0.1) is 16.8 Å². The van der Waals surface area contributed by atoms with E-state index in [4.69, 9.17) is 4.74 Å². The Labute approximate surface area is 203 Å². The SMILES string of the molecule is C=CCn1c(CC(=O)Nc2ccc(OCC)cc2)nnc1SCC(=O)Nc1ccccc1CC. The third-order valence-corrected chi connectivity index (χ3v) is 5.84. The Hall–Kier alpha value is -3.59. The number of ether oxygens (including phenoxy) is 1. The number of aryl methyl sites for hydroxylation is 1. The smallest absolute Gasteiger partial charge is 0.234 e. The fourth-order valence-electron chi connectivity index (χ4n) is 3.29. The van der Waals surface area contributed by atoms with Gasteiger partial charge in [-0.3, -0.25) is 9.59 Å². The predicted octanol–water partition coefficient (Wildman–Crippen LogP) is 4.34. The van der Waals surface area contributed by atoms with Crippen molar-refractivity contribution in [3.8, 4) is 5.75 Å². The molecule has 0 aliphatic carbocycles. The lowest BCUT2D eigenvalue weighted by Gasteiger charge is -2.10. The summed E-state index contributed by atoms with van der Waals surface area (Å²) in [5.41, 5.74) is 2.56. The van der Waals surface area contributed by atoms with Crippen molar-refractivity contribution in [2.45, 2.75) is 38.4 Å². The summed E-state index contributed by atoms with van der Waals surface area (Å²) in [6.45, 7) is 8.76. The Morgan fingerprint density at radius 2 is 1.82 bits per heavy atom. The van der Waals surface area contributed by atoms with Gasteiger partial charge in [-0.2, -0.15) is 0 Å². The molecule has 2 amide bonds. The van der Waals surface area contributed by atoms with Crippen LogP contribution in [0.5, 0.6) is 5.75 Å². The van der Waals surface area contributed by atoms with E-state index in [1.165, 1.54) is 11.8 Å². The summed E-state index contributed by atoms with van der Waals surface area (Å²) in [7, 11) is 0. The number of amides is 2. The van der Waals surface area contributed by atoms with Crippen LogP contribution in [0.4, 0.5) is 11.4 Å². The van der Waals surface area contributed by atoms with Crippen LogP contribution in [0.2, 0.25) is 0 Å². The van der Waals surface area contributed by atoms with Crippen molar-refractivity contribution >= 4 is 35.0 Å². The first-order chi connectivity index (χ1) is 16.5. The number of hydrogen-bond donors (Lipinski definition) is 2. The van der Waals surface area contributed by atoms with Crippen LogP contribution in [0.1, 0.15) is 25.2 Å². The number of aromatic nitrogens is 3. The normalized spacial score (nSPS) is 10.5. The van der Waals surface area contributed by atoms with Crippen LogP contribution in [-0.4, -0.2) is 38.9 Å². The standard InChI is InChI=1S/C25H29N5O3S/c1-4-15-30-22(16-23(31)26-19-11-13-20(14-12-19)33-6-3)28-29-25(30)34-17-24(32)27-21-10-8-7-9-18(21)5-2/h4,7-14H,1,5-6,15-17H2,2-3H3,(H,26,31)(H,27,32). The van der Waals surface area contributed by atoms with Gasteiger partial charge < -0.3 is 19.9 Å². The predicted molar refractivity (Wildman–Crippen MR) is 135 cm³/mol. The molecule has 0 spiro atoms. The molecular weight excluding hydrogens is 450 g/mol. The average molecular weight is 480 g/mol. The molecule has 2 N–H and O–H groups in total. The van der Waals surface area contributed by atoms with Crippen LogP contribution in [0, 0.1) is 0 Å². The maximum atomic E-state index is 12.6. The number of anilines is 2. The molecule has 0 atom stereocenters. The molecule has 0 unspecified atom stereocenters. The largest absolute Gasteiger partial charge is 0.494 e. The number of thioether (sulfide) groups is 1. The number of allylic oxidation sites excluding steroid dienone is 1. The van der Waals surface area contributed by atoms with Crippen molar-refractivity contribution in [3.05, 3.63) is 72.6 Å². The van der Waals surface area contributed by atoms with E-state index in [0.717, 1.165) is 23.4 Å². The summed E-state index contributed by atoms with van der Waals surface area (Å²) in [6.07, 6.45) is 2.59.